The Hall–Kier alpha value is -2.48. The third-order valence-electron chi connectivity index (χ3n) is 6.88. The van der Waals surface area contributed by atoms with Gasteiger partial charge in [0, 0.05) is 32.7 Å². The van der Waals surface area contributed by atoms with E-state index < -0.39 is 5.54 Å². The molecule has 3 aliphatic heterocycles. The van der Waals surface area contributed by atoms with Gasteiger partial charge in [-0.1, -0.05) is 26.0 Å². The van der Waals surface area contributed by atoms with Crippen molar-refractivity contribution in [1.82, 2.24) is 20.0 Å². The maximum atomic E-state index is 13.5. The van der Waals surface area contributed by atoms with E-state index in [0.717, 1.165) is 26.1 Å². The Labute approximate surface area is 188 Å². The van der Waals surface area contributed by atoms with E-state index in [2.05, 4.69) is 24.1 Å². The molecule has 4 rings (SSSR count). The second kappa shape index (κ2) is 9.17. The van der Waals surface area contributed by atoms with E-state index in [4.69, 9.17) is 0 Å². The number of hydrogen-bond donors (Lipinski definition) is 1. The summed E-state index contributed by atoms with van der Waals surface area (Å²) in [6.45, 7) is 7.86. The van der Waals surface area contributed by atoms with Crippen LogP contribution in [0.1, 0.15) is 45.1 Å². The highest BCUT2D eigenvalue weighted by Gasteiger charge is 2.54. The predicted molar refractivity (Wildman–Crippen MR) is 118 cm³/mol. The molecule has 1 aromatic rings. The Morgan fingerprint density at radius 2 is 1.97 bits per heavy atom. The van der Waals surface area contributed by atoms with Crippen LogP contribution in [0.5, 0.6) is 0 Å². The Morgan fingerprint density at radius 3 is 2.66 bits per heavy atom. The number of halogens is 1. The molecule has 3 heterocycles. The predicted octanol–water partition coefficient (Wildman–Crippen LogP) is 2.40. The molecule has 0 unspecified atom stereocenters. The molecule has 4 amide bonds. The summed E-state index contributed by atoms with van der Waals surface area (Å²) in [4.78, 5) is 44.5. The molecule has 1 atom stereocenters. The van der Waals surface area contributed by atoms with Crippen LogP contribution in [0.3, 0.4) is 0 Å². The quantitative estimate of drug-likeness (QED) is 0.708. The lowest BCUT2D eigenvalue weighted by atomic mass is 9.86. The molecular formula is C24H33FN4O3. The number of rotatable bonds is 5. The molecule has 7 nitrogen and oxygen atoms in total. The molecule has 0 radical (unpaired) electrons. The first kappa shape index (κ1) is 22.7. The minimum Gasteiger partial charge on any atom is -0.340 e. The van der Waals surface area contributed by atoms with Crippen LogP contribution in [0, 0.1) is 11.7 Å². The molecule has 1 spiro atoms. The van der Waals surface area contributed by atoms with Crippen molar-refractivity contribution in [2.75, 3.05) is 32.7 Å². The van der Waals surface area contributed by atoms with Crippen LogP contribution in [0.15, 0.2) is 24.3 Å². The zero-order valence-electron chi connectivity index (χ0n) is 19.0. The summed E-state index contributed by atoms with van der Waals surface area (Å²) in [5.41, 5.74) is -0.183. The third-order valence-corrected chi connectivity index (χ3v) is 6.88. The van der Waals surface area contributed by atoms with Gasteiger partial charge < -0.3 is 15.1 Å². The molecule has 1 aromatic carbocycles. The average molecular weight is 445 g/mol. The largest absolute Gasteiger partial charge is 0.340 e. The van der Waals surface area contributed by atoms with Crippen LogP contribution in [0.4, 0.5) is 9.18 Å². The second-order valence-corrected chi connectivity index (χ2v) is 9.82. The molecule has 3 saturated heterocycles. The summed E-state index contributed by atoms with van der Waals surface area (Å²) >= 11 is 0. The van der Waals surface area contributed by atoms with Gasteiger partial charge in [-0.15, -0.1) is 0 Å². The lowest BCUT2D eigenvalue weighted by Gasteiger charge is -2.39. The topological polar surface area (TPSA) is 73.0 Å². The van der Waals surface area contributed by atoms with Crippen molar-refractivity contribution >= 4 is 17.8 Å². The number of piperidine rings is 2. The number of carbonyl (C=O) groups is 3. The fraction of sp³-hybridized carbons (Fsp3) is 0.625. The standard InChI is InChI=1S/C24H33FN4O3/c1-17(2)15-27-11-8-24(9-12-27)22(31)29(23(32)26-24)20-7-4-10-28(16-20)21(30)14-18-5-3-6-19(25)13-18/h3,5-6,13,17,20H,4,7-12,14-16H2,1-2H3,(H,26,32)/t20-/m1/s1. The van der Waals surface area contributed by atoms with Crippen molar-refractivity contribution < 1.29 is 18.8 Å². The molecule has 3 fully saturated rings. The molecule has 174 valence electrons. The summed E-state index contributed by atoms with van der Waals surface area (Å²) in [5, 5.41) is 3.00. The van der Waals surface area contributed by atoms with Gasteiger partial charge in [0.25, 0.3) is 5.91 Å². The first-order valence-corrected chi connectivity index (χ1v) is 11.7. The highest BCUT2D eigenvalue weighted by Crippen LogP contribution is 2.32. The number of urea groups is 1. The highest BCUT2D eigenvalue weighted by molar-refractivity contribution is 6.07. The van der Waals surface area contributed by atoms with Gasteiger partial charge >= 0.3 is 6.03 Å². The van der Waals surface area contributed by atoms with Gasteiger partial charge in [-0.25, -0.2) is 9.18 Å². The zero-order valence-corrected chi connectivity index (χ0v) is 19.0. The maximum absolute atomic E-state index is 13.5. The van der Waals surface area contributed by atoms with E-state index in [1.165, 1.54) is 17.0 Å². The van der Waals surface area contributed by atoms with Crippen LogP contribution in [-0.4, -0.2) is 76.8 Å². The number of benzene rings is 1. The van der Waals surface area contributed by atoms with Gasteiger partial charge in [0.2, 0.25) is 5.91 Å². The smallest absolute Gasteiger partial charge is 0.325 e. The minimum absolute atomic E-state index is 0.107. The highest BCUT2D eigenvalue weighted by atomic mass is 19.1. The Morgan fingerprint density at radius 1 is 1.22 bits per heavy atom. The van der Waals surface area contributed by atoms with Crippen molar-refractivity contribution in [3.8, 4) is 0 Å². The molecule has 0 bridgehead atoms. The number of likely N-dealkylation sites (tertiary alicyclic amines) is 2. The monoisotopic (exact) mass is 444 g/mol. The van der Waals surface area contributed by atoms with E-state index in [-0.39, 0.29) is 36.1 Å². The summed E-state index contributed by atoms with van der Waals surface area (Å²) in [6.07, 6.45) is 2.77. The molecule has 0 aromatic heterocycles. The average Bonchev–Trinajstić information content (AvgIpc) is 2.99. The van der Waals surface area contributed by atoms with Gasteiger partial charge in [0.15, 0.2) is 0 Å². The fourth-order valence-corrected chi connectivity index (χ4v) is 5.27. The second-order valence-electron chi connectivity index (χ2n) is 9.82. The number of amides is 4. The van der Waals surface area contributed by atoms with Gasteiger partial charge in [-0.2, -0.15) is 0 Å². The van der Waals surface area contributed by atoms with Crippen LogP contribution < -0.4 is 5.32 Å². The fourth-order valence-electron chi connectivity index (χ4n) is 5.27. The van der Waals surface area contributed by atoms with Crippen molar-refractivity contribution in [2.45, 2.75) is 57.5 Å². The molecule has 0 saturated carbocycles. The van der Waals surface area contributed by atoms with Crippen molar-refractivity contribution in [3.05, 3.63) is 35.6 Å². The molecule has 32 heavy (non-hydrogen) atoms. The van der Waals surface area contributed by atoms with Gasteiger partial charge in [-0.05, 0) is 49.3 Å². The Balaban J connectivity index is 1.39. The van der Waals surface area contributed by atoms with E-state index >= 15 is 0 Å². The number of carbonyl (C=O) groups excluding carboxylic acids is 3. The maximum Gasteiger partial charge on any atom is 0.325 e. The summed E-state index contributed by atoms with van der Waals surface area (Å²) in [6, 6.07) is 5.39. The number of imide groups is 1. The lowest BCUT2D eigenvalue weighted by Crippen LogP contribution is -2.56. The van der Waals surface area contributed by atoms with Gasteiger partial charge in [0.05, 0.1) is 12.5 Å². The summed E-state index contributed by atoms with van der Waals surface area (Å²) in [5.74, 6) is -0.0522. The van der Waals surface area contributed by atoms with E-state index in [9.17, 15) is 18.8 Å². The van der Waals surface area contributed by atoms with Gasteiger partial charge in [-0.3, -0.25) is 14.5 Å². The Kier molecular flexibility index (Phi) is 6.51. The lowest BCUT2D eigenvalue weighted by molar-refractivity contribution is -0.139. The van der Waals surface area contributed by atoms with Crippen molar-refractivity contribution in [2.24, 2.45) is 5.92 Å². The van der Waals surface area contributed by atoms with Crippen molar-refractivity contribution in [3.63, 3.8) is 0 Å². The molecular weight excluding hydrogens is 411 g/mol. The number of hydrogen-bond acceptors (Lipinski definition) is 4. The molecule has 3 aliphatic rings. The van der Waals surface area contributed by atoms with Crippen LogP contribution in [0.25, 0.3) is 0 Å². The third kappa shape index (κ3) is 4.65. The van der Waals surface area contributed by atoms with E-state index in [1.54, 1.807) is 17.0 Å². The zero-order chi connectivity index (χ0) is 22.9. The number of nitrogens with one attached hydrogen (secondary N) is 1. The van der Waals surface area contributed by atoms with E-state index in [0.29, 0.717) is 43.8 Å². The van der Waals surface area contributed by atoms with Crippen LogP contribution in [0.2, 0.25) is 0 Å². The van der Waals surface area contributed by atoms with Crippen molar-refractivity contribution in [1.29, 1.82) is 0 Å². The van der Waals surface area contributed by atoms with Crippen LogP contribution in [-0.2, 0) is 16.0 Å². The molecule has 0 aliphatic carbocycles. The van der Waals surface area contributed by atoms with E-state index in [1.807, 2.05) is 0 Å². The Bertz CT molecular complexity index is 882. The molecule has 8 heteroatoms. The molecule has 1 N–H and O–H groups in total. The normalized spacial score (nSPS) is 23.8. The minimum atomic E-state index is -0.807. The first-order valence-electron chi connectivity index (χ1n) is 11.7. The van der Waals surface area contributed by atoms with Gasteiger partial charge in [0.1, 0.15) is 11.4 Å². The number of nitrogens with zero attached hydrogens (tertiary/aromatic N) is 3. The van der Waals surface area contributed by atoms with Crippen LogP contribution >= 0.6 is 0 Å². The SMILES string of the molecule is CC(C)CN1CCC2(CC1)NC(=O)N([C@@H]1CCCN(C(=O)Cc3cccc(F)c3)C1)C2=O. The summed E-state index contributed by atoms with van der Waals surface area (Å²) < 4.78 is 13.5. The summed E-state index contributed by atoms with van der Waals surface area (Å²) in [7, 11) is 0. The first-order chi connectivity index (χ1) is 15.3.